The Morgan fingerprint density at radius 2 is 1.71 bits per heavy atom. The minimum absolute atomic E-state index is 0.0850. The van der Waals surface area contributed by atoms with Crippen LogP contribution in [-0.2, 0) is 4.79 Å². The van der Waals surface area contributed by atoms with Crippen LogP contribution in [0.5, 0.6) is 0 Å². The number of allylic oxidation sites excluding steroid dienone is 1. The number of benzene rings is 2. The van der Waals surface area contributed by atoms with E-state index in [1.165, 1.54) is 24.8 Å². The molecule has 5 heteroatoms. The highest BCUT2D eigenvalue weighted by atomic mass is 32.2. The molecule has 4 nitrogen and oxygen atoms in total. The third-order valence-corrected chi connectivity index (χ3v) is 4.40. The van der Waals surface area contributed by atoms with Crippen LogP contribution in [0.2, 0.25) is 0 Å². The van der Waals surface area contributed by atoms with E-state index in [1.54, 1.807) is 17.1 Å². The first-order chi connectivity index (χ1) is 11.5. The van der Waals surface area contributed by atoms with E-state index < -0.39 is 0 Å². The average molecular weight is 336 g/mol. The molecule has 24 heavy (non-hydrogen) atoms. The average Bonchev–Trinajstić information content (AvgIpc) is 2.98. The Kier molecular flexibility index (Phi) is 4.62. The predicted octanol–water partition coefficient (Wildman–Crippen LogP) is 4.18. The van der Waals surface area contributed by atoms with E-state index in [0.29, 0.717) is 15.6 Å². The van der Waals surface area contributed by atoms with Gasteiger partial charge in [0.1, 0.15) is 5.03 Å². The molecule has 0 saturated heterocycles. The third-order valence-electron chi connectivity index (χ3n) is 3.44. The number of thioether (sulfide) groups is 1. The fourth-order valence-electron chi connectivity index (χ4n) is 2.24. The number of hydrogen-bond donors (Lipinski definition) is 0. The van der Waals surface area contributed by atoms with E-state index in [4.69, 9.17) is 0 Å². The fourth-order valence-corrected chi connectivity index (χ4v) is 3.23. The normalized spacial score (nSPS) is 15.5. The molecule has 0 radical (unpaired) electrons. The monoisotopic (exact) mass is 336 g/mol. The molecular formula is C19H16N2O2S. The molecule has 0 spiro atoms. The highest BCUT2D eigenvalue weighted by Gasteiger charge is 2.28. The van der Waals surface area contributed by atoms with Crippen LogP contribution in [0.25, 0.3) is 0 Å². The molecule has 0 aliphatic carbocycles. The molecule has 3 rings (SSSR count). The summed E-state index contributed by atoms with van der Waals surface area (Å²) in [7, 11) is 0. The molecule has 2 aromatic rings. The summed E-state index contributed by atoms with van der Waals surface area (Å²) < 4.78 is 0. The van der Waals surface area contributed by atoms with Crippen molar-refractivity contribution in [3.63, 3.8) is 0 Å². The zero-order valence-corrected chi connectivity index (χ0v) is 14.2. The van der Waals surface area contributed by atoms with Crippen LogP contribution in [0.15, 0.2) is 70.8 Å². The number of aryl methyl sites for hydroxylation is 1. The molecule has 0 aromatic heterocycles. The first kappa shape index (κ1) is 16.2. The molecule has 0 bridgehead atoms. The lowest BCUT2D eigenvalue weighted by atomic mass is 10.1. The predicted molar refractivity (Wildman–Crippen MR) is 98.2 cm³/mol. The summed E-state index contributed by atoms with van der Waals surface area (Å²) >= 11 is 1.22. The lowest BCUT2D eigenvalue weighted by Gasteiger charge is -2.15. The second-order valence-electron chi connectivity index (χ2n) is 5.44. The molecule has 0 atom stereocenters. The summed E-state index contributed by atoms with van der Waals surface area (Å²) in [5.41, 5.74) is 2.53. The summed E-state index contributed by atoms with van der Waals surface area (Å²) in [5.74, 6) is -0.233. The summed E-state index contributed by atoms with van der Waals surface area (Å²) in [4.78, 5) is 24.1. The van der Waals surface area contributed by atoms with Crippen molar-refractivity contribution in [2.45, 2.75) is 13.8 Å². The van der Waals surface area contributed by atoms with Crippen LogP contribution < -0.4 is 5.01 Å². The topological polar surface area (TPSA) is 49.7 Å². The molecule has 0 N–H and O–H groups in total. The Morgan fingerprint density at radius 1 is 1.04 bits per heavy atom. The minimum atomic E-state index is -0.148. The molecule has 120 valence electrons. The Morgan fingerprint density at radius 3 is 2.33 bits per heavy atom. The number of anilines is 1. The van der Waals surface area contributed by atoms with Crippen molar-refractivity contribution in [1.29, 1.82) is 0 Å². The maximum Gasteiger partial charge on any atom is 0.220 e. The van der Waals surface area contributed by atoms with E-state index in [1.807, 2.05) is 49.4 Å². The fraction of sp³-hybridized carbons (Fsp3) is 0.105. The molecule has 0 fully saturated rings. The van der Waals surface area contributed by atoms with Crippen LogP contribution in [0.3, 0.4) is 0 Å². The van der Waals surface area contributed by atoms with Gasteiger partial charge in [0.05, 0.1) is 5.69 Å². The highest BCUT2D eigenvalue weighted by molar-refractivity contribution is 8.19. The van der Waals surface area contributed by atoms with Gasteiger partial charge < -0.3 is 0 Å². The molecule has 2 aromatic carbocycles. The third kappa shape index (κ3) is 3.46. The number of nitrogens with zero attached hydrogens (tertiary/aromatic N) is 2. The Hall–Kier alpha value is -2.66. The van der Waals surface area contributed by atoms with Crippen molar-refractivity contribution in [2.75, 3.05) is 5.01 Å². The number of rotatable bonds is 4. The summed E-state index contributed by atoms with van der Waals surface area (Å²) in [6.45, 7) is 3.49. The van der Waals surface area contributed by atoms with Crippen molar-refractivity contribution >= 4 is 34.1 Å². The smallest absolute Gasteiger partial charge is 0.220 e. The van der Waals surface area contributed by atoms with Gasteiger partial charge >= 0.3 is 0 Å². The van der Waals surface area contributed by atoms with Gasteiger partial charge in [-0.25, -0.2) is 5.01 Å². The van der Waals surface area contributed by atoms with Crippen molar-refractivity contribution in [2.24, 2.45) is 5.10 Å². The highest BCUT2D eigenvalue weighted by Crippen LogP contribution is 2.35. The summed E-state index contributed by atoms with van der Waals surface area (Å²) in [6.07, 6.45) is 1.50. The van der Waals surface area contributed by atoms with Crippen molar-refractivity contribution < 1.29 is 9.59 Å². The van der Waals surface area contributed by atoms with E-state index in [2.05, 4.69) is 5.10 Å². The zero-order chi connectivity index (χ0) is 17.1. The van der Waals surface area contributed by atoms with Gasteiger partial charge in [0, 0.05) is 11.6 Å². The second-order valence-corrected chi connectivity index (χ2v) is 6.45. The maximum atomic E-state index is 12.6. The zero-order valence-electron chi connectivity index (χ0n) is 13.4. The van der Waals surface area contributed by atoms with Gasteiger partial charge in [-0.1, -0.05) is 48.0 Å². The van der Waals surface area contributed by atoms with Crippen molar-refractivity contribution in [1.82, 2.24) is 0 Å². The molecule has 0 saturated carbocycles. The van der Waals surface area contributed by atoms with Crippen LogP contribution in [0.4, 0.5) is 5.69 Å². The molecule has 0 amide bonds. The molecule has 1 heterocycles. The summed E-state index contributed by atoms with van der Waals surface area (Å²) in [5, 5.41) is 7.07. The van der Waals surface area contributed by atoms with Crippen LogP contribution in [0, 0.1) is 6.92 Å². The number of Topliss-reactive ketones (excluding diaryl/α,β-unsaturated/α-hetero) is 1. The Balaban J connectivity index is 1.97. The number of ketones is 2. The van der Waals surface area contributed by atoms with Gasteiger partial charge in [-0.3, -0.25) is 9.59 Å². The molecular weight excluding hydrogens is 320 g/mol. The molecule has 0 unspecified atom stereocenters. The lowest BCUT2D eigenvalue weighted by molar-refractivity contribution is -0.112. The Bertz CT molecular complexity index is 839. The number of carbonyl (C=O) groups excluding carboxylic acids is 2. The van der Waals surface area contributed by atoms with E-state index in [-0.39, 0.29) is 11.6 Å². The van der Waals surface area contributed by atoms with Gasteiger partial charge in [0.2, 0.25) is 5.78 Å². The first-order valence-electron chi connectivity index (χ1n) is 7.50. The van der Waals surface area contributed by atoms with Crippen LogP contribution >= 0.6 is 11.8 Å². The van der Waals surface area contributed by atoms with Gasteiger partial charge in [-0.2, -0.15) is 5.10 Å². The van der Waals surface area contributed by atoms with Crippen molar-refractivity contribution in [3.05, 3.63) is 76.8 Å². The Labute approximate surface area is 144 Å². The van der Waals surface area contributed by atoms with Crippen LogP contribution in [0.1, 0.15) is 22.8 Å². The number of hydrogen-bond acceptors (Lipinski definition) is 5. The lowest BCUT2D eigenvalue weighted by Crippen LogP contribution is -2.11. The minimum Gasteiger partial charge on any atom is -0.295 e. The second kappa shape index (κ2) is 6.84. The van der Waals surface area contributed by atoms with E-state index in [0.717, 1.165) is 11.3 Å². The van der Waals surface area contributed by atoms with Gasteiger partial charge in [-0.15, -0.1) is 0 Å². The SMILES string of the molecule is CC(=O)/C=C1\SC(C(=O)c2ccccc2)=NN1c1ccc(C)cc1. The van der Waals surface area contributed by atoms with Gasteiger partial charge in [-0.05, 0) is 37.7 Å². The molecule has 1 aliphatic heterocycles. The van der Waals surface area contributed by atoms with E-state index >= 15 is 0 Å². The maximum absolute atomic E-state index is 12.6. The summed E-state index contributed by atoms with van der Waals surface area (Å²) in [6, 6.07) is 16.8. The van der Waals surface area contributed by atoms with Crippen molar-refractivity contribution in [3.8, 4) is 0 Å². The standard InChI is InChI=1S/C19H16N2O2S/c1-13-8-10-16(11-9-13)21-17(12-14(2)22)24-19(20-21)18(23)15-6-4-3-5-7-15/h3-12H,1-2H3/b17-12-. The number of carbonyl (C=O) groups is 2. The van der Waals surface area contributed by atoms with Gasteiger partial charge in [0.25, 0.3) is 0 Å². The quantitative estimate of drug-likeness (QED) is 0.621. The molecule has 1 aliphatic rings. The first-order valence-corrected chi connectivity index (χ1v) is 8.31. The number of hydrazone groups is 1. The largest absolute Gasteiger partial charge is 0.295 e. The van der Waals surface area contributed by atoms with Gasteiger partial charge in [0.15, 0.2) is 10.8 Å². The van der Waals surface area contributed by atoms with Crippen LogP contribution in [-0.4, -0.2) is 16.6 Å². The van der Waals surface area contributed by atoms with E-state index in [9.17, 15) is 9.59 Å².